The van der Waals surface area contributed by atoms with Crippen LogP contribution in [0, 0.1) is 64.6 Å². The molecule has 4 bridgehead atoms. The fourth-order valence-corrected chi connectivity index (χ4v) is 17.0. The van der Waals surface area contributed by atoms with Gasteiger partial charge in [0.2, 0.25) is 11.3 Å². The summed E-state index contributed by atoms with van der Waals surface area (Å²) >= 11 is 0. The molecular weight excluding hydrogens is 1490 g/mol. The first-order valence-electron chi connectivity index (χ1n) is 30.9. The van der Waals surface area contributed by atoms with E-state index in [4.69, 9.17) is 19.1 Å². The number of methoxy groups -OCH3 is 1. The van der Waals surface area contributed by atoms with Crippen LogP contribution >= 0.6 is 0 Å². The van der Waals surface area contributed by atoms with Crippen molar-refractivity contribution in [2.24, 2.45) is 64.6 Å². The summed E-state index contributed by atoms with van der Waals surface area (Å²) in [6.45, 7) is 10.1. The zero-order chi connectivity index (χ0) is 80.1. The number of hydrogen-bond acceptors (Lipinski definition) is 10. The van der Waals surface area contributed by atoms with Crippen LogP contribution in [0.5, 0.6) is 0 Å². The van der Waals surface area contributed by atoms with Crippen molar-refractivity contribution < 1.29 is 189 Å². The van der Waals surface area contributed by atoms with Gasteiger partial charge in [0.05, 0.1) is 18.4 Å². The lowest BCUT2D eigenvalue weighted by molar-refractivity contribution is -0.399. The van der Waals surface area contributed by atoms with Crippen LogP contribution < -0.4 is 0 Å². The predicted octanol–water partition coefficient (Wildman–Crippen LogP) is 18.7. The van der Waals surface area contributed by atoms with E-state index >= 15 is 0 Å². The van der Waals surface area contributed by atoms with Crippen LogP contribution in [0.25, 0.3) is 0 Å². The summed E-state index contributed by atoms with van der Waals surface area (Å²) in [5.74, 6) is -23.2. The Morgan fingerprint density at radius 2 is 0.921 bits per heavy atom. The zero-order valence-corrected chi connectivity index (χ0v) is 56.5. The van der Waals surface area contributed by atoms with Gasteiger partial charge in [-0.05, 0) is 152 Å². The standard InChI is InChI=1S/C17H20F12O3.C14H22F6O3Si.C11H14F6O.C9H10F8O.C7H14O2/c1-3-8(2)11(30)32-13(16(24,25)26,17(27,28)29)10-6-4-9(5-7-10)12(31,14(18,19)20)15(21,22)23;1-22-24(3,23-2)11-6-8-4-9(11)5-10(8)7-12(21,13(15,16)17)14(18,19)20;12-10(13,14)9(18,11(15,16)17)5-8-4-6-1-2-7(8)3-6;1-4-3-6(18,9(15,16)17)8(13,14)7(4,12)5(2,10)11;1-5-7(2,3)6(8)9-4/h8-10,31H,3-7H2,1-2H3;8-11,21H,4-7H2,1-3H3;6-8,18H,1-5H2;4,18H,3H2,1-2H3;5H2,1-4H3. The number of rotatable bonds is 15. The second-order valence-corrected chi connectivity index (χ2v) is 31.3. The summed E-state index contributed by atoms with van der Waals surface area (Å²) in [6.07, 6.45) is -59.6. The van der Waals surface area contributed by atoms with E-state index in [1.165, 1.54) is 28.3 Å². The van der Waals surface area contributed by atoms with Crippen LogP contribution in [-0.2, 0) is 27.9 Å². The summed E-state index contributed by atoms with van der Waals surface area (Å²) < 4.78 is 436. The van der Waals surface area contributed by atoms with E-state index in [-0.39, 0.29) is 60.4 Å². The Bertz CT molecular complexity index is 2630. The molecule has 43 heteroatoms. The number of carbonyl (C=O) groups excluding carboxylic acids is 2. The van der Waals surface area contributed by atoms with Gasteiger partial charge in [0.1, 0.15) is 0 Å². The van der Waals surface area contributed by atoms with Gasteiger partial charge in [-0.2, -0.15) is 127 Å². The molecule has 6 saturated carbocycles. The lowest BCUT2D eigenvalue weighted by Gasteiger charge is -2.47. The molecule has 4 N–H and O–H groups in total. The van der Waals surface area contributed by atoms with Gasteiger partial charge >= 0.3 is 87.6 Å². The molecule has 6 aliphatic rings. The molecule has 101 heavy (non-hydrogen) atoms. The zero-order valence-electron chi connectivity index (χ0n) is 55.5. The van der Waals surface area contributed by atoms with Gasteiger partial charge < -0.3 is 38.8 Å². The molecule has 0 radical (unpaired) electrons. The second-order valence-electron chi connectivity index (χ2n) is 27.7. The third kappa shape index (κ3) is 18.1. The predicted molar refractivity (Wildman–Crippen MR) is 289 cm³/mol. The van der Waals surface area contributed by atoms with Gasteiger partial charge in [0.15, 0.2) is 0 Å². The first-order chi connectivity index (χ1) is 44.6. The molecule has 11 unspecified atom stereocenters. The van der Waals surface area contributed by atoms with Crippen LogP contribution in [0.3, 0.4) is 0 Å². The molecule has 6 aliphatic carbocycles. The fourth-order valence-electron chi connectivity index (χ4n) is 14.4. The Labute approximate surface area is 558 Å². The first-order valence-corrected chi connectivity index (χ1v) is 33.3. The van der Waals surface area contributed by atoms with Crippen molar-refractivity contribution in [2.45, 2.75) is 264 Å². The number of aliphatic hydroxyl groups is 4. The average Bonchev–Trinajstić information content (AvgIpc) is 1.11. The molecule has 0 aromatic heterocycles. The maximum atomic E-state index is 13.9. The summed E-state index contributed by atoms with van der Waals surface area (Å²) in [6, 6.07) is 0. The van der Waals surface area contributed by atoms with Gasteiger partial charge in [-0.15, -0.1) is 0 Å². The second kappa shape index (κ2) is 30.7. The minimum absolute atomic E-state index is 0.0118. The van der Waals surface area contributed by atoms with Crippen LogP contribution in [0.1, 0.15) is 151 Å². The smallest absolute Gasteiger partial charge is 0.437 e. The minimum Gasteiger partial charge on any atom is -0.469 e. The highest BCUT2D eigenvalue weighted by Crippen LogP contribution is 2.66. The van der Waals surface area contributed by atoms with Crippen LogP contribution in [0.15, 0.2) is 0 Å². The van der Waals surface area contributed by atoms with E-state index in [0.29, 0.717) is 39.0 Å². The lowest BCUT2D eigenvalue weighted by atomic mass is 9.67. The number of hydrogen-bond donors (Lipinski definition) is 4. The van der Waals surface area contributed by atoms with Crippen molar-refractivity contribution in [1.82, 2.24) is 0 Å². The molecule has 0 aromatic carbocycles. The summed E-state index contributed by atoms with van der Waals surface area (Å²) in [4.78, 5) is 22.7. The summed E-state index contributed by atoms with van der Waals surface area (Å²) in [7, 11) is 1.97. The van der Waals surface area contributed by atoms with E-state index in [1.807, 2.05) is 27.3 Å². The molecule has 6 rings (SSSR count). The molecule has 0 spiro atoms. The molecule has 0 aliphatic heterocycles. The summed E-state index contributed by atoms with van der Waals surface area (Å²) in [5, 5.41) is 36.9. The normalized spacial score (nSPS) is 29.1. The molecule has 10 nitrogen and oxygen atoms in total. The van der Waals surface area contributed by atoms with E-state index in [1.54, 1.807) is 0 Å². The number of fused-ring (bicyclic) bond motifs is 4. The topological polar surface area (TPSA) is 152 Å². The Kier molecular flexibility index (Phi) is 28.5. The maximum Gasteiger partial charge on any atom is 0.437 e. The Morgan fingerprint density at radius 1 is 0.525 bits per heavy atom. The van der Waals surface area contributed by atoms with Crippen LogP contribution in [0.2, 0.25) is 12.1 Å². The van der Waals surface area contributed by atoms with E-state index in [9.17, 15) is 160 Å². The van der Waals surface area contributed by atoms with Crippen molar-refractivity contribution in [1.29, 1.82) is 0 Å². The molecule has 11 atom stereocenters. The number of carbonyl (C=O) groups is 2. The van der Waals surface area contributed by atoms with Crippen molar-refractivity contribution in [3.8, 4) is 0 Å². The molecule has 0 aromatic rings. The quantitative estimate of drug-likeness (QED) is 0.0708. The van der Waals surface area contributed by atoms with Gasteiger partial charge in [-0.1, -0.05) is 34.1 Å². The van der Waals surface area contributed by atoms with E-state index in [2.05, 4.69) is 9.47 Å². The molecular formula is C58H80F32O10Si. The van der Waals surface area contributed by atoms with Gasteiger partial charge in [0, 0.05) is 44.4 Å². The third-order valence-electron chi connectivity index (χ3n) is 21.2. The van der Waals surface area contributed by atoms with E-state index < -0.39 is 196 Å². The third-order valence-corrected chi connectivity index (χ3v) is 24.9. The van der Waals surface area contributed by atoms with E-state index in [0.717, 1.165) is 19.8 Å². The molecule has 6 fully saturated rings. The molecule has 0 saturated heterocycles. The summed E-state index contributed by atoms with van der Waals surface area (Å²) in [5.41, 5.74) is -29.5. The highest BCUT2D eigenvalue weighted by Gasteiger charge is 2.88. The SMILES string of the molecule is CC1CC(O)(C(F)(F)F)C(F)(F)C1(F)C(C)(F)F.CCC(C)(C)C(=O)OC.CCC(C)C(=O)OC(C1CCC(C(O)(C(F)(F)F)C(F)(F)F)CC1)(C(F)(F)F)C(F)(F)F.CO[Si](C)(OC)C1CC2CC1CC2CC(O)(C(F)(F)F)C(F)(F)F.OC(CC1CC2CCC1C2)(C(F)(F)F)C(F)(F)F. The highest BCUT2D eigenvalue weighted by atomic mass is 28.4. The van der Waals surface area contributed by atoms with Crippen LogP contribution in [-0.4, -0.2) is 163 Å². The number of alkyl halides is 32. The lowest BCUT2D eigenvalue weighted by Crippen LogP contribution is -2.66. The highest BCUT2D eigenvalue weighted by molar-refractivity contribution is 6.67. The monoisotopic (exact) mass is 1570 g/mol. The van der Waals surface area contributed by atoms with Crippen LogP contribution in [0.4, 0.5) is 140 Å². The van der Waals surface area contributed by atoms with Gasteiger partial charge in [-0.25, -0.2) is 13.2 Å². The Morgan fingerprint density at radius 3 is 1.17 bits per heavy atom. The molecule has 0 heterocycles. The minimum atomic E-state index is -6.28. The number of halogens is 32. The Hall–Kier alpha value is -3.32. The van der Waals surface area contributed by atoms with Crippen molar-refractivity contribution >= 4 is 20.5 Å². The van der Waals surface area contributed by atoms with Crippen molar-refractivity contribution in [3.63, 3.8) is 0 Å². The fraction of sp³-hybridized carbons (Fsp3) is 0.966. The number of ether oxygens (including phenoxy) is 2. The van der Waals surface area contributed by atoms with Gasteiger partial charge in [0.25, 0.3) is 22.7 Å². The number of esters is 2. The molecule has 600 valence electrons. The van der Waals surface area contributed by atoms with Gasteiger partial charge in [-0.3, -0.25) is 9.59 Å². The largest absolute Gasteiger partial charge is 0.469 e. The average molecular weight is 1570 g/mol. The van der Waals surface area contributed by atoms with Crippen molar-refractivity contribution in [3.05, 3.63) is 0 Å². The molecule has 0 amide bonds. The van der Waals surface area contributed by atoms with Crippen molar-refractivity contribution in [2.75, 3.05) is 21.3 Å². The maximum absolute atomic E-state index is 13.9. The Balaban J connectivity index is 0.000000449. The first kappa shape index (κ1) is 93.8.